The Morgan fingerprint density at radius 1 is 1.13 bits per heavy atom. The zero-order valence-corrected chi connectivity index (χ0v) is 18.0. The molecule has 2 N–H and O–H groups in total. The summed E-state index contributed by atoms with van der Waals surface area (Å²) in [4.78, 5) is 6.36. The number of rotatable bonds is 4. The third-order valence-corrected chi connectivity index (χ3v) is 5.51. The topological polar surface area (TPSA) is 76.9 Å². The van der Waals surface area contributed by atoms with Gasteiger partial charge in [-0.15, -0.1) is 0 Å². The highest BCUT2D eigenvalue weighted by Gasteiger charge is 2.24. The summed E-state index contributed by atoms with van der Waals surface area (Å²) in [6.07, 6.45) is 0.160. The Bertz CT molecular complexity index is 1060. The van der Waals surface area contributed by atoms with Crippen molar-refractivity contribution in [2.24, 2.45) is 10.7 Å². The molecule has 1 saturated heterocycles. The minimum atomic E-state index is -0.267. The zero-order chi connectivity index (χ0) is 22.0. The molecule has 0 saturated carbocycles. The molecule has 2 aromatic carbocycles. The van der Waals surface area contributed by atoms with Crippen molar-refractivity contribution in [3.8, 4) is 11.1 Å². The van der Waals surface area contributed by atoms with Crippen LogP contribution in [-0.4, -0.2) is 41.3 Å². The Kier molecular flexibility index (Phi) is 6.04. The number of aliphatic imine (C=N–C) groups is 1. The van der Waals surface area contributed by atoms with Crippen LogP contribution in [0.25, 0.3) is 11.1 Å². The SMILES string of the molecule is CC1CN(/C(N)=N/c2cc(C(C)c3ccc(-c4ccccc4)c(F)c3)no2)CC(C)O1. The van der Waals surface area contributed by atoms with Gasteiger partial charge in [-0.3, -0.25) is 0 Å². The largest absolute Gasteiger partial charge is 0.372 e. The van der Waals surface area contributed by atoms with Gasteiger partial charge >= 0.3 is 0 Å². The predicted molar refractivity (Wildman–Crippen MR) is 119 cm³/mol. The van der Waals surface area contributed by atoms with Crippen LogP contribution >= 0.6 is 0 Å². The normalized spacial score (nSPS) is 20.6. The number of nitrogens with two attached hydrogens (primary N) is 1. The molecule has 7 heteroatoms. The molecule has 2 heterocycles. The van der Waals surface area contributed by atoms with Gasteiger partial charge < -0.3 is 19.9 Å². The van der Waals surface area contributed by atoms with Crippen LogP contribution in [0, 0.1) is 5.82 Å². The molecule has 1 aliphatic heterocycles. The summed E-state index contributed by atoms with van der Waals surface area (Å²) >= 11 is 0. The number of hydrogen-bond donors (Lipinski definition) is 1. The van der Waals surface area contributed by atoms with Crippen molar-refractivity contribution in [1.29, 1.82) is 0 Å². The summed E-state index contributed by atoms with van der Waals surface area (Å²) in [5, 5.41) is 4.13. The second-order valence-corrected chi connectivity index (χ2v) is 8.05. The van der Waals surface area contributed by atoms with Crippen LogP contribution in [0.2, 0.25) is 0 Å². The number of halogens is 1. The van der Waals surface area contributed by atoms with Gasteiger partial charge in [0.1, 0.15) is 5.82 Å². The van der Waals surface area contributed by atoms with E-state index in [-0.39, 0.29) is 23.9 Å². The smallest absolute Gasteiger partial charge is 0.253 e. The summed E-state index contributed by atoms with van der Waals surface area (Å²) in [6, 6.07) is 16.5. The molecule has 1 aromatic heterocycles. The van der Waals surface area contributed by atoms with Gasteiger partial charge in [-0.05, 0) is 31.0 Å². The fourth-order valence-corrected chi connectivity index (χ4v) is 3.91. The van der Waals surface area contributed by atoms with E-state index in [9.17, 15) is 4.39 Å². The maximum atomic E-state index is 14.8. The first-order chi connectivity index (χ1) is 14.9. The van der Waals surface area contributed by atoms with E-state index in [0.717, 1.165) is 11.1 Å². The molecule has 3 aromatic rings. The van der Waals surface area contributed by atoms with E-state index < -0.39 is 0 Å². The van der Waals surface area contributed by atoms with Crippen molar-refractivity contribution >= 4 is 11.8 Å². The molecule has 4 rings (SSSR count). The molecule has 3 atom stereocenters. The first kappa shape index (κ1) is 21.1. The molecule has 0 radical (unpaired) electrons. The van der Waals surface area contributed by atoms with Crippen molar-refractivity contribution in [2.75, 3.05) is 13.1 Å². The van der Waals surface area contributed by atoms with Crippen molar-refractivity contribution in [1.82, 2.24) is 10.1 Å². The molecule has 0 aliphatic carbocycles. The van der Waals surface area contributed by atoms with Gasteiger partial charge in [-0.25, -0.2) is 4.39 Å². The highest BCUT2D eigenvalue weighted by Crippen LogP contribution is 2.30. The standard InChI is InChI=1S/C24H27FN4O2/c1-15-13-29(14-16(2)30-15)24(26)27-23-12-22(28-31-23)17(3)19-9-10-20(21(25)11-19)18-7-5-4-6-8-18/h4-12,15-17H,13-14H2,1-3H3,(H2,26,27). The minimum Gasteiger partial charge on any atom is -0.372 e. The van der Waals surface area contributed by atoms with Gasteiger partial charge in [0.15, 0.2) is 5.96 Å². The molecule has 0 spiro atoms. The lowest BCUT2D eigenvalue weighted by molar-refractivity contribution is -0.0483. The van der Waals surface area contributed by atoms with Crippen LogP contribution in [0.1, 0.15) is 37.9 Å². The fourth-order valence-electron chi connectivity index (χ4n) is 3.91. The average molecular weight is 423 g/mol. The molecule has 0 bridgehead atoms. The molecule has 1 fully saturated rings. The van der Waals surface area contributed by atoms with Gasteiger partial charge in [0.2, 0.25) is 0 Å². The number of hydrogen-bond acceptors (Lipinski definition) is 4. The maximum Gasteiger partial charge on any atom is 0.253 e. The first-order valence-electron chi connectivity index (χ1n) is 10.5. The van der Waals surface area contributed by atoms with Crippen LogP contribution in [0.5, 0.6) is 0 Å². The highest BCUT2D eigenvalue weighted by atomic mass is 19.1. The van der Waals surface area contributed by atoms with E-state index in [1.807, 2.05) is 62.1 Å². The van der Waals surface area contributed by atoms with Crippen LogP contribution in [-0.2, 0) is 4.74 Å². The molecule has 3 unspecified atom stereocenters. The Hall–Kier alpha value is -3.19. The lowest BCUT2D eigenvalue weighted by atomic mass is 9.95. The Balaban J connectivity index is 1.50. The van der Waals surface area contributed by atoms with E-state index in [0.29, 0.717) is 36.2 Å². The summed E-state index contributed by atoms with van der Waals surface area (Å²) in [5.74, 6) is 0.275. The number of benzene rings is 2. The Morgan fingerprint density at radius 3 is 2.52 bits per heavy atom. The monoisotopic (exact) mass is 422 g/mol. The molecular weight excluding hydrogens is 395 g/mol. The Labute approximate surface area is 181 Å². The second-order valence-electron chi connectivity index (χ2n) is 8.05. The number of ether oxygens (including phenoxy) is 1. The summed E-state index contributed by atoms with van der Waals surface area (Å²) in [6.45, 7) is 7.31. The van der Waals surface area contributed by atoms with Crippen molar-refractivity contribution in [3.63, 3.8) is 0 Å². The van der Waals surface area contributed by atoms with Crippen LogP contribution in [0.15, 0.2) is 64.1 Å². The van der Waals surface area contributed by atoms with E-state index in [2.05, 4.69) is 10.1 Å². The van der Waals surface area contributed by atoms with Gasteiger partial charge in [-0.1, -0.05) is 54.5 Å². The van der Waals surface area contributed by atoms with Gasteiger partial charge in [0, 0.05) is 30.6 Å². The zero-order valence-electron chi connectivity index (χ0n) is 18.0. The number of morpholine rings is 1. The molecular formula is C24H27FN4O2. The van der Waals surface area contributed by atoms with E-state index in [4.69, 9.17) is 15.0 Å². The number of guanidine groups is 1. The molecule has 1 aliphatic rings. The van der Waals surface area contributed by atoms with E-state index in [1.165, 1.54) is 0 Å². The lowest BCUT2D eigenvalue weighted by Crippen LogP contribution is -2.50. The third-order valence-electron chi connectivity index (χ3n) is 5.51. The highest BCUT2D eigenvalue weighted by molar-refractivity contribution is 5.80. The lowest BCUT2D eigenvalue weighted by Gasteiger charge is -2.35. The first-order valence-corrected chi connectivity index (χ1v) is 10.5. The van der Waals surface area contributed by atoms with Crippen molar-refractivity contribution in [3.05, 3.63) is 71.7 Å². The predicted octanol–water partition coefficient (Wildman–Crippen LogP) is 4.69. The van der Waals surface area contributed by atoms with Crippen molar-refractivity contribution in [2.45, 2.75) is 38.9 Å². The van der Waals surface area contributed by atoms with Crippen molar-refractivity contribution < 1.29 is 13.7 Å². The van der Waals surface area contributed by atoms with Crippen LogP contribution in [0.4, 0.5) is 10.3 Å². The maximum absolute atomic E-state index is 14.8. The Morgan fingerprint density at radius 2 is 1.84 bits per heavy atom. The average Bonchev–Trinajstić information content (AvgIpc) is 3.21. The third kappa shape index (κ3) is 4.77. The van der Waals surface area contributed by atoms with Gasteiger partial charge in [0.05, 0.1) is 17.9 Å². The minimum absolute atomic E-state index is 0.0802. The summed E-state index contributed by atoms with van der Waals surface area (Å²) in [7, 11) is 0. The second kappa shape index (κ2) is 8.89. The number of nitrogens with zero attached hydrogens (tertiary/aromatic N) is 3. The summed E-state index contributed by atoms with van der Waals surface area (Å²) in [5.41, 5.74) is 9.07. The van der Waals surface area contributed by atoms with Gasteiger partial charge in [0.25, 0.3) is 5.88 Å². The van der Waals surface area contributed by atoms with Crippen LogP contribution in [0.3, 0.4) is 0 Å². The van der Waals surface area contributed by atoms with Crippen LogP contribution < -0.4 is 5.73 Å². The number of aromatic nitrogens is 1. The van der Waals surface area contributed by atoms with E-state index in [1.54, 1.807) is 18.2 Å². The molecule has 31 heavy (non-hydrogen) atoms. The molecule has 162 valence electrons. The molecule has 6 nitrogen and oxygen atoms in total. The van der Waals surface area contributed by atoms with Gasteiger partial charge in [-0.2, -0.15) is 4.99 Å². The van der Waals surface area contributed by atoms with E-state index >= 15 is 0 Å². The quantitative estimate of drug-likeness (QED) is 0.488. The molecule has 0 amide bonds. The summed E-state index contributed by atoms with van der Waals surface area (Å²) < 4.78 is 25.9. The fraction of sp³-hybridized carbons (Fsp3) is 0.333.